The van der Waals surface area contributed by atoms with Gasteiger partial charge in [-0.3, -0.25) is 14.7 Å². The highest BCUT2D eigenvalue weighted by molar-refractivity contribution is 5.95. The van der Waals surface area contributed by atoms with Crippen LogP contribution < -0.4 is 10.6 Å². The number of carbonyl (C=O) groups is 1. The van der Waals surface area contributed by atoms with Crippen LogP contribution in [0.15, 0.2) is 36.5 Å². The third kappa shape index (κ3) is 3.39. The topological polar surface area (TPSA) is 97.7 Å². The molecule has 1 saturated carbocycles. The SMILES string of the molecule is O=C(NC[C@H](O)CN1CCc2ccccc2C1)c1cnc2c(c1)NC(O)C21CC1. The van der Waals surface area contributed by atoms with Crippen LogP contribution in [0.3, 0.4) is 0 Å². The average molecular weight is 394 g/mol. The smallest absolute Gasteiger partial charge is 0.253 e. The number of nitrogens with zero attached hydrogens (tertiary/aromatic N) is 2. The van der Waals surface area contributed by atoms with Crippen LogP contribution in [0.4, 0.5) is 5.69 Å². The molecule has 1 aliphatic carbocycles. The Morgan fingerprint density at radius 2 is 2.14 bits per heavy atom. The molecule has 3 heterocycles. The number of benzene rings is 1. The largest absolute Gasteiger partial charge is 0.390 e. The van der Waals surface area contributed by atoms with E-state index in [1.54, 1.807) is 12.3 Å². The lowest BCUT2D eigenvalue weighted by molar-refractivity contribution is 0.0841. The highest BCUT2D eigenvalue weighted by atomic mass is 16.3. The molecule has 1 aromatic carbocycles. The lowest BCUT2D eigenvalue weighted by atomic mass is 10.00. The monoisotopic (exact) mass is 394 g/mol. The number of carbonyl (C=O) groups excluding carboxylic acids is 1. The lowest BCUT2D eigenvalue weighted by Crippen LogP contribution is -2.42. The van der Waals surface area contributed by atoms with Crippen LogP contribution in [0.5, 0.6) is 0 Å². The van der Waals surface area contributed by atoms with E-state index >= 15 is 0 Å². The normalized spacial score (nSPS) is 22.5. The van der Waals surface area contributed by atoms with E-state index in [4.69, 9.17) is 0 Å². The summed E-state index contributed by atoms with van der Waals surface area (Å²) in [6.45, 7) is 2.44. The van der Waals surface area contributed by atoms with Crippen molar-refractivity contribution in [2.45, 2.75) is 43.6 Å². The number of aliphatic hydroxyl groups excluding tert-OH is 2. The number of aliphatic hydroxyl groups is 2. The average Bonchev–Trinajstić information content (AvgIpc) is 3.48. The van der Waals surface area contributed by atoms with Crippen molar-refractivity contribution in [3.8, 4) is 0 Å². The Balaban J connectivity index is 1.15. The molecule has 1 amide bonds. The highest BCUT2D eigenvalue weighted by Gasteiger charge is 2.57. The molecule has 5 rings (SSSR count). The summed E-state index contributed by atoms with van der Waals surface area (Å²) >= 11 is 0. The van der Waals surface area contributed by atoms with Gasteiger partial charge in [-0.05, 0) is 36.5 Å². The van der Waals surface area contributed by atoms with Crippen LogP contribution in [0.25, 0.3) is 0 Å². The number of aromatic nitrogens is 1. The molecule has 0 bridgehead atoms. The van der Waals surface area contributed by atoms with Crippen LogP contribution >= 0.6 is 0 Å². The Labute approximate surface area is 169 Å². The standard InChI is InChI=1S/C22H26N4O3/c27-17(13-26-8-5-14-3-1-2-4-15(14)12-26)11-24-20(28)16-9-18-19(23-10-16)22(6-7-22)21(29)25-18/h1-4,9-10,17,21,25,27,29H,5-8,11-13H2,(H,24,28)/t17-,21?/m0/s1. The predicted octanol–water partition coefficient (Wildman–Crippen LogP) is 1.01. The van der Waals surface area contributed by atoms with Crippen LogP contribution in [0, 0.1) is 0 Å². The molecule has 0 saturated heterocycles. The Morgan fingerprint density at radius 1 is 1.34 bits per heavy atom. The molecule has 1 spiro atoms. The molecule has 2 atom stereocenters. The number of hydrogen-bond donors (Lipinski definition) is 4. The number of nitrogens with one attached hydrogen (secondary N) is 2. The second-order valence-electron chi connectivity index (χ2n) is 8.44. The minimum Gasteiger partial charge on any atom is -0.390 e. The van der Waals surface area contributed by atoms with Crippen molar-refractivity contribution in [3.63, 3.8) is 0 Å². The first-order valence-electron chi connectivity index (χ1n) is 10.3. The maximum absolute atomic E-state index is 12.5. The Morgan fingerprint density at radius 3 is 2.93 bits per heavy atom. The van der Waals surface area contributed by atoms with E-state index < -0.39 is 12.3 Å². The van der Waals surface area contributed by atoms with Gasteiger partial charge in [0.15, 0.2) is 0 Å². The van der Waals surface area contributed by atoms with E-state index in [1.807, 2.05) is 6.07 Å². The molecule has 3 aliphatic rings. The van der Waals surface area contributed by atoms with E-state index in [0.29, 0.717) is 12.1 Å². The number of pyridine rings is 1. The zero-order valence-corrected chi connectivity index (χ0v) is 16.3. The van der Waals surface area contributed by atoms with Gasteiger partial charge in [0.2, 0.25) is 0 Å². The molecule has 2 aliphatic heterocycles. The first-order chi connectivity index (χ1) is 14.0. The van der Waals surface area contributed by atoms with Gasteiger partial charge in [-0.15, -0.1) is 0 Å². The van der Waals surface area contributed by atoms with Gasteiger partial charge in [0.05, 0.1) is 28.5 Å². The van der Waals surface area contributed by atoms with Crippen LogP contribution in [0.2, 0.25) is 0 Å². The molecule has 1 unspecified atom stereocenters. The molecule has 1 aromatic heterocycles. The van der Waals surface area contributed by atoms with Crippen molar-refractivity contribution in [1.82, 2.24) is 15.2 Å². The minimum atomic E-state index is -0.638. The van der Waals surface area contributed by atoms with Crippen molar-refractivity contribution >= 4 is 11.6 Å². The fraction of sp³-hybridized carbons (Fsp3) is 0.455. The number of fused-ring (bicyclic) bond motifs is 3. The van der Waals surface area contributed by atoms with Gasteiger partial charge in [0, 0.05) is 32.4 Å². The lowest BCUT2D eigenvalue weighted by Gasteiger charge is -2.30. The zero-order chi connectivity index (χ0) is 20.0. The first-order valence-corrected chi connectivity index (χ1v) is 10.3. The van der Waals surface area contributed by atoms with Crippen LogP contribution in [-0.2, 0) is 18.4 Å². The molecular formula is C22H26N4O3. The summed E-state index contributed by atoms with van der Waals surface area (Å²) in [6.07, 6.45) is 3.11. The summed E-state index contributed by atoms with van der Waals surface area (Å²) in [5.41, 5.74) is 4.44. The molecule has 0 radical (unpaired) electrons. The summed E-state index contributed by atoms with van der Waals surface area (Å²) in [6, 6.07) is 10.1. The summed E-state index contributed by atoms with van der Waals surface area (Å²) in [5.74, 6) is -0.267. The fourth-order valence-electron chi connectivity index (χ4n) is 4.54. The van der Waals surface area contributed by atoms with E-state index in [-0.39, 0.29) is 17.9 Å². The van der Waals surface area contributed by atoms with Crippen LogP contribution in [-0.4, -0.2) is 58.0 Å². The molecule has 7 heteroatoms. The molecule has 29 heavy (non-hydrogen) atoms. The van der Waals surface area contributed by atoms with Gasteiger partial charge in [-0.25, -0.2) is 0 Å². The second-order valence-corrected chi connectivity index (χ2v) is 8.44. The van der Waals surface area contributed by atoms with Gasteiger partial charge >= 0.3 is 0 Å². The Hall–Kier alpha value is -2.48. The maximum atomic E-state index is 12.5. The third-order valence-electron chi connectivity index (χ3n) is 6.40. The maximum Gasteiger partial charge on any atom is 0.253 e. The van der Waals surface area contributed by atoms with Gasteiger partial charge in [-0.1, -0.05) is 24.3 Å². The van der Waals surface area contributed by atoms with E-state index in [2.05, 4.69) is 38.7 Å². The summed E-state index contributed by atoms with van der Waals surface area (Å²) < 4.78 is 0. The molecule has 1 fully saturated rings. The highest BCUT2D eigenvalue weighted by Crippen LogP contribution is 2.56. The number of β-amino-alcohol motifs (C(OH)–C–C–N with tert-alkyl or cyclic N) is 1. The van der Waals surface area contributed by atoms with E-state index in [9.17, 15) is 15.0 Å². The number of rotatable bonds is 5. The van der Waals surface area contributed by atoms with Gasteiger partial charge in [-0.2, -0.15) is 0 Å². The first kappa shape index (κ1) is 18.5. The number of hydrogen-bond acceptors (Lipinski definition) is 6. The summed E-state index contributed by atoms with van der Waals surface area (Å²) in [7, 11) is 0. The Kier molecular flexibility index (Phi) is 4.53. The molecule has 2 aromatic rings. The summed E-state index contributed by atoms with van der Waals surface area (Å²) in [4.78, 5) is 19.1. The van der Waals surface area contributed by atoms with Crippen molar-refractivity contribution in [3.05, 3.63) is 58.9 Å². The van der Waals surface area contributed by atoms with Crippen molar-refractivity contribution in [1.29, 1.82) is 0 Å². The van der Waals surface area contributed by atoms with Crippen molar-refractivity contribution in [2.24, 2.45) is 0 Å². The fourth-order valence-corrected chi connectivity index (χ4v) is 4.54. The number of amides is 1. The van der Waals surface area contributed by atoms with Crippen molar-refractivity contribution < 1.29 is 15.0 Å². The molecule has 152 valence electrons. The number of anilines is 1. The molecule has 7 nitrogen and oxygen atoms in total. The van der Waals surface area contributed by atoms with E-state index in [1.165, 1.54) is 11.1 Å². The minimum absolute atomic E-state index is 0.189. The molecular weight excluding hydrogens is 368 g/mol. The predicted molar refractivity (Wildman–Crippen MR) is 109 cm³/mol. The molecule has 4 N–H and O–H groups in total. The van der Waals surface area contributed by atoms with Gasteiger partial charge < -0.3 is 20.8 Å². The van der Waals surface area contributed by atoms with Crippen LogP contribution in [0.1, 0.15) is 40.0 Å². The van der Waals surface area contributed by atoms with Gasteiger partial charge in [0.1, 0.15) is 6.23 Å². The Bertz CT molecular complexity index is 943. The van der Waals surface area contributed by atoms with E-state index in [0.717, 1.165) is 43.7 Å². The van der Waals surface area contributed by atoms with Crippen molar-refractivity contribution in [2.75, 3.05) is 25.0 Å². The third-order valence-corrected chi connectivity index (χ3v) is 6.40. The zero-order valence-electron chi connectivity index (χ0n) is 16.3. The van der Waals surface area contributed by atoms with Gasteiger partial charge in [0.25, 0.3) is 5.91 Å². The summed E-state index contributed by atoms with van der Waals surface area (Å²) in [5, 5.41) is 26.4. The second kappa shape index (κ2) is 7.09. The quantitative estimate of drug-likeness (QED) is 0.604.